The molecule has 1 atom stereocenters. The van der Waals surface area contributed by atoms with E-state index in [1.807, 2.05) is 41.3 Å². The second-order valence-corrected chi connectivity index (χ2v) is 8.51. The van der Waals surface area contributed by atoms with Crippen molar-refractivity contribution in [3.63, 3.8) is 0 Å². The first kappa shape index (κ1) is 17.8. The molecule has 26 heavy (non-hydrogen) atoms. The molecule has 1 unspecified atom stereocenters. The SMILES string of the molecule is O=C(/C=C/c1ccc(-c2ccccc2Cl)s1)N1CCC(N2CCCC2)C1. The van der Waals surface area contributed by atoms with Gasteiger partial charge in [-0.2, -0.15) is 0 Å². The molecule has 0 radical (unpaired) electrons. The van der Waals surface area contributed by atoms with Crippen LogP contribution in [0.25, 0.3) is 16.5 Å². The van der Waals surface area contributed by atoms with Crippen molar-refractivity contribution in [1.29, 1.82) is 0 Å². The third-order valence-electron chi connectivity index (χ3n) is 5.29. The van der Waals surface area contributed by atoms with Crippen LogP contribution in [0.2, 0.25) is 5.02 Å². The number of likely N-dealkylation sites (tertiary alicyclic amines) is 2. The number of benzene rings is 1. The lowest BCUT2D eigenvalue weighted by atomic mass is 10.2. The van der Waals surface area contributed by atoms with Crippen molar-refractivity contribution in [3.05, 3.63) is 52.4 Å². The number of halogens is 1. The second-order valence-electron chi connectivity index (χ2n) is 6.99. The first-order valence-corrected chi connectivity index (χ1v) is 10.5. The van der Waals surface area contributed by atoms with Crippen molar-refractivity contribution >= 4 is 34.9 Å². The predicted molar refractivity (Wildman–Crippen MR) is 110 cm³/mol. The molecule has 4 rings (SSSR count). The van der Waals surface area contributed by atoms with Crippen LogP contribution in [0.1, 0.15) is 24.1 Å². The molecule has 3 heterocycles. The van der Waals surface area contributed by atoms with Gasteiger partial charge in [-0.25, -0.2) is 0 Å². The van der Waals surface area contributed by atoms with Crippen molar-refractivity contribution in [1.82, 2.24) is 9.80 Å². The third-order valence-corrected chi connectivity index (χ3v) is 6.70. The number of carbonyl (C=O) groups is 1. The molecule has 0 N–H and O–H groups in total. The summed E-state index contributed by atoms with van der Waals surface area (Å²) in [5.41, 5.74) is 1.04. The molecule has 1 aromatic carbocycles. The number of hydrogen-bond donors (Lipinski definition) is 0. The number of hydrogen-bond acceptors (Lipinski definition) is 3. The highest BCUT2D eigenvalue weighted by Gasteiger charge is 2.30. The first-order chi connectivity index (χ1) is 12.7. The molecular formula is C21H23ClN2OS. The van der Waals surface area contributed by atoms with Crippen LogP contribution in [0.15, 0.2) is 42.5 Å². The van der Waals surface area contributed by atoms with Gasteiger partial charge >= 0.3 is 0 Å². The average molecular weight is 387 g/mol. The number of rotatable bonds is 4. The highest BCUT2D eigenvalue weighted by Crippen LogP contribution is 2.33. The molecule has 2 saturated heterocycles. The van der Waals surface area contributed by atoms with Gasteiger partial charge in [-0.05, 0) is 56.6 Å². The van der Waals surface area contributed by atoms with Gasteiger partial charge in [0.15, 0.2) is 0 Å². The Morgan fingerprint density at radius 1 is 1.12 bits per heavy atom. The van der Waals surface area contributed by atoms with Gasteiger partial charge in [-0.1, -0.05) is 29.8 Å². The predicted octanol–water partition coefficient (Wildman–Crippen LogP) is 4.78. The molecule has 2 aliphatic heterocycles. The maximum atomic E-state index is 12.5. The highest BCUT2D eigenvalue weighted by atomic mass is 35.5. The van der Waals surface area contributed by atoms with E-state index in [2.05, 4.69) is 11.0 Å². The lowest BCUT2D eigenvalue weighted by Gasteiger charge is -2.23. The van der Waals surface area contributed by atoms with Crippen molar-refractivity contribution in [2.45, 2.75) is 25.3 Å². The summed E-state index contributed by atoms with van der Waals surface area (Å²) < 4.78 is 0. The average Bonchev–Trinajstić information content (AvgIpc) is 3.40. The van der Waals surface area contributed by atoms with Crippen molar-refractivity contribution in [3.8, 4) is 10.4 Å². The Balaban J connectivity index is 1.38. The van der Waals surface area contributed by atoms with Crippen molar-refractivity contribution in [2.24, 2.45) is 0 Å². The first-order valence-electron chi connectivity index (χ1n) is 9.26. The van der Waals surface area contributed by atoms with Gasteiger partial charge in [0.1, 0.15) is 0 Å². The number of amides is 1. The number of nitrogens with zero attached hydrogens (tertiary/aromatic N) is 2. The zero-order chi connectivity index (χ0) is 17.9. The molecule has 3 nitrogen and oxygen atoms in total. The maximum absolute atomic E-state index is 12.5. The summed E-state index contributed by atoms with van der Waals surface area (Å²) >= 11 is 7.93. The summed E-state index contributed by atoms with van der Waals surface area (Å²) in [5, 5.41) is 0.756. The van der Waals surface area contributed by atoms with Gasteiger partial charge in [0.25, 0.3) is 0 Å². The molecule has 2 fully saturated rings. The van der Waals surface area contributed by atoms with Gasteiger partial charge in [-0.15, -0.1) is 11.3 Å². The lowest BCUT2D eigenvalue weighted by molar-refractivity contribution is -0.125. The van der Waals surface area contributed by atoms with E-state index in [9.17, 15) is 4.79 Å². The minimum Gasteiger partial charge on any atom is -0.338 e. The Morgan fingerprint density at radius 2 is 1.92 bits per heavy atom. The minimum absolute atomic E-state index is 0.124. The summed E-state index contributed by atoms with van der Waals surface area (Å²) in [6, 6.07) is 12.5. The van der Waals surface area contributed by atoms with E-state index in [0.29, 0.717) is 6.04 Å². The Bertz CT molecular complexity index is 810. The molecule has 0 spiro atoms. The Hall–Kier alpha value is -1.62. The Morgan fingerprint density at radius 3 is 2.73 bits per heavy atom. The molecule has 2 aromatic rings. The van der Waals surface area contributed by atoms with E-state index < -0.39 is 0 Å². The van der Waals surface area contributed by atoms with Crippen molar-refractivity contribution in [2.75, 3.05) is 26.2 Å². The van der Waals surface area contributed by atoms with Crippen LogP contribution in [-0.2, 0) is 4.79 Å². The largest absolute Gasteiger partial charge is 0.338 e. The monoisotopic (exact) mass is 386 g/mol. The molecular weight excluding hydrogens is 364 g/mol. The van der Waals surface area contributed by atoms with Crippen molar-refractivity contribution < 1.29 is 4.79 Å². The van der Waals surface area contributed by atoms with Gasteiger partial charge in [0.2, 0.25) is 5.91 Å². The molecule has 0 aliphatic carbocycles. The molecule has 2 aliphatic rings. The molecule has 1 amide bonds. The molecule has 5 heteroatoms. The Labute approximate surface area is 163 Å². The zero-order valence-electron chi connectivity index (χ0n) is 14.7. The standard InChI is InChI=1S/C21H23ClN2OS/c22-19-6-2-1-5-18(19)20-9-7-17(26-20)8-10-21(25)24-14-11-16(15-24)23-12-3-4-13-23/h1-2,5-10,16H,3-4,11-15H2/b10-8+. The van der Waals surface area contributed by atoms with Crippen LogP contribution in [0, 0.1) is 0 Å². The maximum Gasteiger partial charge on any atom is 0.246 e. The van der Waals surface area contributed by atoms with Gasteiger partial charge in [0.05, 0.1) is 0 Å². The summed E-state index contributed by atoms with van der Waals surface area (Å²) in [5.74, 6) is 0.124. The summed E-state index contributed by atoms with van der Waals surface area (Å²) in [6.07, 6.45) is 7.35. The lowest BCUT2D eigenvalue weighted by Crippen LogP contribution is -2.36. The molecule has 0 saturated carbocycles. The van der Waals surface area contributed by atoms with E-state index in [0.717, 1.165) is 39.9 Å². The van der Waals surface area contributed by atoms with Crippen LogP contribution in [-0.4, -0.2) is 47.9 Å². The third kappa shape index (κ3) is 3.88. The quantitative estimate of drug-likeness (QED) is 0.706. The van der Waals surface area contributed by atoms with Crippen LogP contribution in [0.5, 0.6) is 0 Å². The molecule has 136 valence electrons. The van der Waals surface area contributed by atoms with E-state index in [-0.39, 0.29) is 5.91 Å². The van der Waals surface area contributed by atoms with E-state index in [1.54, 1.807) is 17.4 Å². The summed E-state index contributed by atoms with van der Waals surface area (Å²) in [7, 11) is 0. The normalized spacial score (nSPS) is 21.1. The fourth-order valence-electron chi connectivity index (χ4n) is 3.85. The van der Waals surface area contributed by atoms with E-state index >= 15 is 0 Å². The Kier molecular flexibility index (Phi) is 5.44. The molecule has 1 aromatic heterocycles. The summed E-state index contributed by atoms with van der Waals surface area (Å²) in [6.45, 7) is 4.14. The topological polar surface area (TPSA) is 23.6 Å². The number of thiophene rings is 1. The van der Waals surface area contributed by atoms with E-state index in [4.69, 9.17) is 11.6 Å². The van der Waals surface area contributed by atoms with Crippen LogP contribution in [0.3, 0.4) is 0 Å². The van der Waals surface area contributed by atoms with Crippen LogP contribution < -0.4 is 0 Å². The molecule has 0 bridgehead atoms. The van der Waals surface area contributed by atoms with Gasteiger partial charge in [-0.3, -0.25) is 9.69 Å². The van der Waals surface area contributed by atoms with Gasteiger partial charge in [0, 0.05) is 45.5 Å². The summed E-state index contributed by atoms with van der Waals surface area (Å²) in [4.78, 5) is 19.2. The second kappa shape index (κ2) is 7.95. The number of carbonyl (C=O) groups excluding carboxylic acids is 1. The van der Waals surface area contributed by atoms with E-state index in [1.165, 1.54) is 25.9 Å². The van der Waals surface area contributed by atoms with Crippen LogP contribution >= 0.6 is 22.9 Å². The minimum atomic E-state index is 0.124. The van der Waals surface area contributed by atoms with Gasteiger partial charge < -0.3 is 4.90 Å². The van der Waals surface area contributed by atoms with Crippen LogP contribution in [0.4, 0.5) is 0 Å². The highest BCUT2D eigenvalue weighted by molar-refractivity contribution is 7.16. The fraction of sp³-hybridized carbons (Fsp3) is 0.381. The zero-order valence-corrected chi connectivity index (χ0v) is 16.3. The fourth-order valence-corrected chi connectivity index (χ4v) is 5.10. The smallest absolute Gasteiger partial charge is 0.246 e.